The molecular weight excluding hydrogens is 204 g/mol. The van der Waals surface area contributed by atoms with Gasteiger partial charge in [0.25, 0.3) is 0 Å². The van der Waals surface area contributed by atoms with Crippen molar-refractivity contribution in [1.29, 1.82) is 0 Å². The number of benzene rings is 1. The van der Waals surface area contributed by atoms with Crippen LogP contribution in [0.3, 0.4) is 0 Å². The van der Waals surface area contributed by atoms with Crippen molar-refractivity contribution >= 4 is 0 Å². The first-order valence-electron chi connectivity index (χ1n) is 6.61. The van der Waals surface area contributed by atoms with Gasteiger partial charge in [0, 0.05) is 6.42 Å². The molecule has 0 aliphatic heterocycles. The van der Waals surface area contributed by atoms with Gasteiger partial charge in [-0.05, 0) is 63.1 Å². The van der Waals surface area contributed by atoms with Crippen molar-refractivity contribution < 1.29 is 0 Å². The van der Waals surface area contributed by atoms with Crippen LogP contribution in [0.2, 0.25) is 0 Å². The van der Waals surface area contributed by atoms with E-state index in [-0.39, 0.29) is 0 Å². The smallest absolute Gasteiger partial charge is 0.00989 e. The lowest BCUT2D eigenvalue weighted by Crippen LogP contribution is -1.94. The van der Waals surface area contributed by atoms with Gasteiger partial charge in [-0.2, -0.15) is 0 Å². The summed E-state index contributed by atoms with van der Waals surface area (Å²) in [6.07, 6.45) is 13.8. The zero-order valence-electron chi connectivity index (χ0n) is 11.4. The van der Waals surface area contributed by atoms with Crippen LogP contribution in [0.4, 0.5) is 0 Å². The lowest BCUT2D eigenvalue weighted by Gasteiger charge is -2.10. The molecule has 1 aromatic carbocycles. The predicted octanol–water partition coefficient (Wildman–Crippen LogP) is 4.69. The lowest BCUT2D eigenvalue weighted by atomic mass is 9.96. The maximum absolute atomic E-state index is 6.84. The van der Waals surface area contributed by atoms with E-state index in [1.165, 1.54) is 47.9 Å². The molecule has 0 bridgehead atoms. The predicted molar refractivity (Wildman–Crippen MR) is 74.6 cm³/mol. The second-order valence-corrected chi connectivity index (χ2v) is 4.96. The first kappa shape index (κ1) is 13.8. The van der Waals surface area contributed by atoms with Gasteiger partial charge < -0.3 is 0 Å². The number of aryl methyl sites for hydroxylation is 3. The van der Waals surface area contributed by atoms with Crippen LogP contribution in [0.5, 0.6) is 0 Å². The van der Waals surface area contributed by atoms with Gasteiger partial charge in [0.15, 0.2) is 0 Å². The van der Waals surface area contributed by atoms with Crippen molar-refractivity contribution in [3.63, 3.8) is 0 Å². The second-order valence-electron chi connectivity index (χ2n) is 4.96. The van der Waals surface area contributed by atoms with E-state index in [2.05, 4.69) is 38.8 Å². The van der Waals surface area contributed by atoms with Crippen molar-refractivity contribution in [2.45, 2.75) is 59.3 Å². The van der Waals surface area contributed by atoms with E-state index in [0.717, 1.165) is 12.8 Å². The average Bonchev–Trinajstić information content (AvgIpc) is 2.29. The molecule has 0 spiro atoms. The van der Waals surface area contributed by atoms with E-state index in [0.29, 0.717) is 0 Å². The molecule has 0 unspecified atom stereocenters. The Balaban J connectivity index is 2.39. The zero-order chi connectivity index (χ0) is 12.7. The molecule has 0 aliphatic rings. The summed E-state index contributed by atoms with van der Waals surface area (Å²) in [6.45, 7) is 6.61. The second kappa shape index (κ2) is 7.17. The van der Waals surface area contributed by atoms with Crippen LogP contribution in [0, 0.1) is 33.1 Å². The summed E-state index contributed by atoms with van der Waals surface area (Å²) in [4.78, 5) is 0. The van der Waals surface area contributed by atoms with Crippen LogP contribution in [-0.2, 0) is 6.42 Å². The van der Waals surface area contributed by atoms with Crippen molar-refractivity contribution in [1.82, 2.24) is 0 Å². The van der Waals surface area contributed by atoms with Crippen LogP contribution < -0.4 is 0 Å². The minimum absolute atomic E-state index is 0.822. The van der Waals surface area contributed by atoms with Gasteiger partial charge in [0.2, 0.25) is 0 Å². The van der Waals surface area contributed by atoms with E-state index in [1.807, 2.05) is 0 Å². The molecule has 0 saturated carbocycles. The minimum Gasteiger partial charge on any atom is -0.0891 e. The highest BCUT2D eigenvalue weighted by molar-refractivity contribution is 5.37. The Morgan fingerprint density at radius 3 is 2.41 bits per heavy atom. The van der Waals surface area contributed by atoms with E-state index < -0.39 is 0 Å². The molecule has 0 N–H and O–H groups in total. The normalized spacial score (nSPS) is 10.2. The number of rotatable bonds is 6. The Morgan fingerprint density at radius 1 is 1.00 bits per heavy atom. The van der Waals surface area contributed by atoms with E-state index in [9.17, 15) is 0 Å². The molecule has 0 heteroatoms. The highest BCUT2D eigenvalue weighted by Crippen LogP contribution is 2.18. The van der Waals surface area contributed by atoms with Gasteiger partial charge in [0.05, 0.1) is 0 Å². The van der Waals surface area contributed by atoms with Crippen LogP contribution >= 0.6 is 0 Å². The van der Waals surface area contributed by atoms with Crippen molar-refractivity contribution in [2.24, 2.45) is 0 Å². The molecule has 0 amide bonds. The molecule has 0 saturated heterocycles. The molecule has 1 radical (unpaired) electrons. The molecule has 17 heavy (non-hydrogen) atoms. The molecule has 0 heterocycles. The molecular formula is C17H23. The Bertz CT molecular complexity index is 393. The fourth-order valence-electron chi connectivity index (χ4n) is 2.27. The summed E-state index contributed by atoms with van der Waals surface area (Å²) in [5.41, 5.74) is 5.77. The number of hydrogen-bond donors (Lipinski definition) is 0. The molecule has 0 aromatic heterocycles. The third kappa shape index (κ3) is 4.65. The van der Waals surface area contributed by atoms with Gasteiger partial charge >= 0.3 is 0 Å². The summed E-state index contributed by atoms with van der Waals surface area (Å²) in [6, 6.07) is 4.59. The van der Waals surface area contributed by atoms with Crippen LogP contribution in [0.1, 0.15) is 54.4 Å². The average molecular weight is 227 g/mol. The van der Waals surface area contributed by atoms with E-state index in [1.54, 1.807) is 0 Å². The van der Waals surface area contributed by atoms with Gasteiger partial charge in [0.1, 0.15) is 0 Å². The minimum atomic E-state index is 0.822. The van der Waals surface area contributed by atoms with Gasteiger partial charge in [-0.3, -0.25) is 0 Å². The summed E-state index contributed by atoms with van der Waals surface area (Å²) in [5, 5.41) is 0. The quantitative estimate of drug-likeness (QED) is 0.488. The number of unbranched alkanes of at least 4 members (excludes halogenated alkanes) is 4. The Hall–Kier alpha value is -1.22. The van der Waals surface area contributed by atoms with Crippen molar-refractivity contribution in [3.05, 3.63) is 40.8 Å². The van der Waals surface area contributed by atoms with Crippen LogP contribution in [0.25, 0.3) is 0 Å². The summed E-state index contributed by atoms with van der Waals surface area (Å²) < 4.78 is 0. The maximum Gasteiger partial charge on any atom is 0.00989 e. The monoisotopic (exact) mass is 227 g/mol. The Kier molecular flexibility index (Phi) is 5.84. The van der Waals surface area contributed by atoms with Gasteiger partial charge in [-0.15, -0.1) is 0 Å². The Labute approximate surface area is 106 Å². The topological polar surface area (TPSA) is 0 Å². The molecule has 0 atom stereocenters. The molecule has 1 aromatic rings. The van der Waals surface area contributed by atoms with Crippen molar-refractivity contribution in [2.75, 3.05) is 0 Å². The molecule has 0 nitrogen and oxygen atoms in total. The van der Waals surface area contributed by atoms with Crippen molar-refractivity contribution in [3.8, 4) is 5.92 Å². The highest BCUT2D eigenvalue weighted by Gasteiger charge is 2.02. The highest BCUT2D eigenvalue weighted by atomic mass is 14.1. The lowest BCUT2D eigenvalue weighted by molar-refractivity contribution is 0.649. The van der Waals surface area contributed by atoms with E-state index in [4.69, 9.17) is 6.42 Å². The van der Waals surface area contributed by atoms with Crippen LogP contribution in [0.15, 0.2) is 12.1 Å². The standard InChI is InChI=1S/C17H23/c1-5-6-7-8-9-10-11-17-13-14(2)12-15(3)16(17)4/h12-13H,6-11H2,2-4H3. The fraction of sp³-hybridized carbons (Fsp3) is 0.529. The molecule has 0 fully saturated rings. The fourth-order valence-corrected chi connectivity index (χ4v) is 2.27. The molecule has 1 rings (SSSR count). The Morgan fingerprint density at radius 2 is 1.71 bits per heavy atom. The number of hydrogen-bond acceptors (Lipinski definition) is 0. The first-order chi connectivity index (χ1) is 8.15. The summed E-state index contributed by atoms with van der Waals surface area (Å²) in [7, 11) is 0. The molecule has 0 aliphatic carbocycles. The third-order valence-corrected chi connectivity index (χ3v) is 3.42. The maximum atomic E-state index is 6.84. The molecule has 91 valence electrons. The SMILES string of the molecule is [C]#CCCCCCCc1cc(C)cc(C)c1C. The van der Waals surface area contributed by atoms with E-state index >= 15 is 0 Å². The summed E-state index contributed by atoms with van der Waals surface area (Å²) >= 11 is 0. The van der Waals surface area contributed by atoms with Gasteiger partial charge in [-0.1, -0.05) is 36.5 Å². The summed E-state index contributed by atoms with van der Waals surface area (Å²) in [5.74, 6) is 2.45. The zero-order valence-corrected chi connectivity index (χ0v) is 11.4. The first-order valence-corrected chi connectivity index (χ1v) is 6.61. The van der Waals surface area contributed by atoms with Crippen LogP contribution in [-0.4, -0.2) is 0 Å². The third-order valence-electron chi connectivity index (χ3n) is 3.42. The van der Waals surface area contributed by atoms with Gasteiger partial charge in [-0.25, -0.2) is 0 Å². The largest absolute Gasteiger partial charge is 0.0891 e.